The molecule has 2 N–H and O–H groups in total. The number of aliphatic hydroxyl groups is 1. The molecule has 0 bridgehead atoms. The van der Waals surface area contributed by atoms with Crippen LogP contribution in [0.15, 0.2) is 36.5 Å². The number of benzene rings is 1. The van der Waals surface area contributed by atoms with E-state index in [1.807, 2.05) is 13.8 Å². The van der Waals surface area contributed by atoms with Gasteiger partial charge in [0.2, 0.25) is 0 Å². The summed E-state index contributed by atoms with van der Waals surface area (Å²) < 4.78 is 1.47. The van der Waals surface area contributed by atoms with Crippen LogP contribution in [-0.2, 0) is 0 Å². The quantitative estimate of drug-likeness (QED) is 0.594. The van der Waals surface area contributed by atoms with Crippen LogP contribution in [0.25, 0.3) is 5.69 Å². The number of carbonyl (C=O) groups is 1. The molecule has 2 aromatic rings. The maximum absolute atomic E-state index is 12.0. The van der Waals surface area contributed by atoms with E-state index in [2.05, 4.69) is 10.4 Å². The molecule has 1 heterocycles. The van der Waals surface area contributed by atoms with Crippen molar-refractivity contribution < 1.29 is 14.8 Å². The number of aromatic nitrogens is 2. The molecule has 0 saturated carbocycles. The second-order valence-corrected chi connectivity index (χ2v) is 5.77. The summed E-state index contributed by atoms with van der Waals surface area (Å²) in [6, 6.07) is 7.45. The number of nitrogens with zero attached hydrogens (tertiary/aromatic N) is 3. The third-order valence-corrected chi connectivity index (χ3v) is 3.64. The molecule has 1 aromatic heterocycles. The monoisotopic (exact) mass is 332 g/mol. The van der Waals surface area contributed by atoms with Crippen LogP contribution in [0.1, 0.15) is 30.8 Å². The third-order valence-electron chi connectivity index (χ3n) is 3.64. The van der Waals surface area contributed by atoms with E-state index < -0.39 is 11.0 Å². The van der Waals surface area contributed by atoms with Gasteiger partial charge in [-0.05, 0) is 30.5 Å². The Morgan fingerprint density at radius 2 is 2.00 bits per heavy atom. The fourth-order valence-corrected chi connectivity index (χ4v) is 2.07. The molecule has 2 rings (SSSR count). The minimum Gasteiger partial charge on any atom is -0.393 e. The van der Waals surface area contributed by atoms with Gasteiger partial charge < -0.3 is 10.4 Å². The van der Waals surface area contributed by atoms with Crippen molar-refractivity contribution in [2.45, 2.75) is 26.4 Å². The summed E-state index contributed by atoms with van der Waals surface area (Å²) >= 11 is 0. The molecule has 0 saturated heterocycles. The van der Waals surface area contributed by atoms with Crippen molar-refractivity contribution in [3.05, 3.63) is 52.3 Å². The van der Waals surface area contributed by atoms with Crippen molar-refractivity contribution in [3.8, 4) is 5.69 Å². The van der Waals surface area contributed by atoms with Crippen LogP contribution in [0.5, 0.6) is 0 Å². The van der Waals surface area contributed by atoms with Crippen molar-refractivity contribution >= 4 is 11.6 Å². The lowest BCUT2D eigenvalue weighted by molar-refractivity contribution is -0.384. The lowest BCUT2D eigenvalue weighted by Gasteiger charge is -2.14. The second kappa shape index (κ2) is 7.69. The van der Waals surface area contributed by atoms with Gasteiger partial charge >= 0.3 is 0 Å². The molecule has 1 atom stereocenters. The van der Waals surface area contributed by atoms with Gasteiger partial charge in [0, 0.05) is 24.9 Å². The summed E-state index contributed by atoms with van der Waals surface area (Å²) in [5.74, 6) is -0.185. The van der Waals surface area contributed by atoms with E-state index in [4.69, 9.17) is 0 Å². The zero-order valence-corrected chi connectivity index (χ0v) is 13.5. The standard InChI is InChI=1S/C16H20N4O4/c1-11(2)15(21)7-9-17-16(22)14-8-10-19(18-14)12-3-5-13(6-4-12)20(23)24/h3-6,8,10-11,15,21H,7,9H2,1-2H3,(H,17,22). The molecule has 8 heteroatoms. The van der Waals surface area contributed by atoms with Gasteiger partial charge in [0.05, 0.1) is 16.7 Å². The fraction of sp³-hybridized carbons (Fsp3) is 0.375. The first-order valence-corrected chi connectivity index (χ1v) is 7.65. The molecule has 128 valence electrons. The zero-order valence-electron chi connectivity index (χ0n) is 13.5. The van der Waals surface area contributed by atoms with Crippen molar-refractivity contribution in [3.63, 3.8) is 0 Å². The smallest absolute Gasteiger partial charge is 0.271 e. The summed E-state index contributed by atoms with van der Waals surface area (Å²) in [5.41, 5.74) is 0.856. The van der Waals surface area contributed by atoms with Crippen LogP contribution in [0, 0.1) is 16.0 Å². The molecular weight excluding hydrogens is 312 g/mol. The molecule has 0 fully saturated rings. The maximum atomic E-state index is 12.0. The molecular formula is C16H20N4O4. The Hall–Kier alpha value is -2.74. The largest absolute Gasteiger partial charge is 0.393 e. The Balaban J connectivity index is 1.97. The SMILES string of the molecule is CC(C)C(O)CCNC(=O)c1ccn(-c2ccc([N+](=O)[O-])cc2)n1. The second-order valence-electron chi connectivity index (χ2n) is 5.77. The van der Waals surface area contributed by atoms with Crippen molar-refractivity contribution in [2.75, 3.05) is 6.54 Å². The number of nitro benzene ring substituents is 1. The van der Waals surface area contributed by atoms with Gasteiger partial charge in [-0.2, -0.15) is 5.10 Å². The summed E-state index contributed by atoms with van der Waals surface area (Å²) in [7, 11) is 0. The summed E-state index contributed by atoms with van der Waals surface area (Å²) in [5, 5.41) is 27.2. The minimum absolute atomic E-state index is 0.00687. The molecule has 0 radical (unpaired) electrons. The number of carbonyl (C=O) groups excluding carboxylic acids is 1. The summed E-state index contributed by atoms with van der Waals surface area (Å²) in [6.45, 7) is 4.19. The number of hydrogen-bond donors (Lipinski definition) is 2. The van der Waals surface area contributed by atoms with E-state index >= 15 is 0 Å². The van der Waals surface area contributed by atoms with Crippen LogP contribution in [-0.4, -0.2) is 38.4 Å². The topological polar surface area (TPSA) is 110 Å². The lowest BCUT2D eigenvalue weighted by atomic mass is 10.0. The molecule has 24 heavy (non-hydrogen) atoms. The first-order valence-electron chi connectivity index (χ1n) is 7.65. The summed E-state index contributed by atoms with van der Waals surface area (Å²) in [4.78, 5) is 22.2. The van der Waals surface area contributed by atoms with E-state index in [0.717, 1.165) is 0 Å². The van der Waals surface area contributed by atoms with Gasteiger partial charge in [-0.25, -0.2) is 4.68 Å². The summed E-state index contributed by atoms with van der Waals surface area (Å²) in [6.07, 6.45) is 1.63. The predicted molar refractivity (Wildman–Crippen MR) is 88.0 cm³/mol. The molecule has 0 aliphatic heterocycles. The Morgan fingerprint density at radius 1 is 1.33 bits per heavy atom. The number of non-ortho nitro benzene ring substituents is 1. The fourth-order valence-electron chi connectivity index (χ4n) is 2.07. The van der Waals surface area contributed by atoms with E-state index in [9.17, 15) is 20.0 Å². The van der Waals surface area contributed by atoms with Crippen molar-refractivity contribution in [1.29, 1.82) is 0 Å². The molecule has 1 aromatic carbocycles. The predicted octanol–water partition coefficient (Wildman–Crippen LogP) is 1.92. The van der Waals surface area contributed by atoms with Gasteiger partial charge in [-0.1, -0.05) is 13.8 Å². The average Bonchev–Trinajstić information content (AvgIpc) is 3.04. The van der Waals surface area contributed by atoms with E-state index in [-0.39, 0.29) is 23.2 Å². The molecule has 0 spiro atoms. The Bertz CT molecular complexity index is 709. The number of nitro groups is 1. The van der Waals surface area contributed by atoms with Gasteiger partial charge in [0.1, 0.15) is 0 Å². The highest BCUT2D eigenvalue weighted by molar-refractivity contribution is 5.92. The number of aliphatic hydroxyl groups excluding tert-OH is 1. The highest BCUT2D eigenvalue weighted by atomic mass is 16.6. The minimum atomic E-state index is -0.475. The van der Waals surface area contributed by atoms with Gasteiger partial charge in [0.25, 0.3) is 11.6 Å². The number of nitrogens with one attached hydrogen (secondary N) is 1. The Morgan fingerprint density at radius 3 is 2.58 bits per heavy atom. The Labute approximate surface area is 139 Å². The molecule has 1 unspecified atom stereocenters. The zero-order chi connectivity index (χ0) is 17.7. The lowest BCUT2D eigenvalue weighted by Crippen LogP contribution is -2.29. The highest BCUT2D eigenvalue weighted by Crippen LogP contribution is 2.15. The van der Waals surface area contributed by atoms with Gasteiger partial charge in [-0.3, -0.25) is 14.9 Å². The maximum Gasteiger partial charge on any atom is 0.271 e. The van der Waals surface area contributed by atoms with E-state index in [0.29, 0.717) is 18.7 Å². The van der Waals surface area contributed by atoms with Gasteiger partial charge in [0.15, 0.2) is 5.69 Å². The van der Waals surface area contributed by atoms with E-state index in [1.54, 1.807) is 24.4 Å². The third kappa shape index (κ3) is 4.39. The van der Waals surface area contributed by atoms with Crippen LogP contribution in [0.2, 0.25) is 0 Å². The van der Waals surface area contributed by atoms with Crippen LogP contribution < -0.4 is 5.32 Å². The number of hydrogen-bond acceptors (Lipinski definition) is 5. The number of amides is 1. The Kier molecular flexibility index (Phi) is 5.64. The van der Waals surface area contributed by atoms with Crippen molar-refractivity contribution in [1.82, 2.24) is 15.1 Å². The number of rotatable bonds is 7. The van der Waals surface area contributed by atoms with Crippen LogP contribution >= 0.6 is 0 Å². The normalized spacial score (nSPS) is 12.2. The van der Waals surface area contributed by atoms with Crippen molar-refractivity contribution in [2.24, 2.45) is 5.92 Å². The van der Waals surface area contributed by atoms with Gasteiger partial charge in [-0.15, -0.1) is 0 Å². The average molecular weight is 332 g/mol. The van der Waals surface area contributed by atoms with Crippen LogP contribution in [0.3, 0.4) is 0 Å². The highest BCUT2D eigenvalue weighted by Gasteiger charge is 2.13. The first kappa shape index (κ1) is 17.6. The van der Waals surface area contributed by atoms with E-state index in [1.165, 1.54) is 16.8 Å². The molecule has 0 aliphatic rings. The first-order chi connectivity index (χ1) is 11.4. The molecule has 0 aliphatic carbocycles. The molecule has 1 amide bonds. The van der Waals surface area contributed by atoms with Crippen LogP contribution in [0.4, 0.5) is 5.69 Å². The molecule has 8 nitrogen and oxygen atoms in total.